The molecule has 0 aromatic heterocycles. The van der Waals surface area contributed by atoms with Gasteiger partial charge >= 0.3 is 7.82 Å². The first kappa shape index (κ1) is 33.8. The molecule has 0 bridgehead atoms. The number of hydrogen-bond acceptors (Lipinski definition) is 2. The maximum Gasteiger partial charge on any atom is 0.469 e. The lowest BCUT2D eigenvalue weighted by Gasteiger charge is -2.05. The van der Waals surface area contributed by atoms with Crippen LogP contribution in [0.2, 0.25) is 0 Å². The summed E-state index contributed by atoms with van der Waals surface area (Å²) >= 11 is 2.48. The molecule has 33 heavy (non-hydrogen) atoms. The van der Waals surface area contributed by atoms with Crippen molar-refractivity contribution in [2.75, 3.05) is 11.0 Å². The maximum atomic E-state index is 10.5. The van der Waals surface area contributed by atoms with Crippen molar-refractivity contribution in [1.29, 1.82) is 0 Å². The van der Waals surface area contributed by atoms with Crippen LogP contribution >= 0.6 is 30.4 Å². The van der Waals surface area contributed by atoms with Crippen molar-refractivity contribution in [1.82, 2.24) is 0 Å². The van der Waals surface area contributed by atoms with Crippen molar-refractivity contribution in [3.63, 3.8) is 0 Å². The fourth-order valence-electron chi connectivity index (χ4n) is 4.45. The number of phosphoric acid groups is 1. The molecule has 6 heteroatoms. The molecule has 0 radical (unpaired) electrons. The second-order valence-electron chi connectivity index (χ2n) is 9.85. The minimum atomic E-state index is -4.27. The second-order valence-corrected chi connectivity index (χ2v) is 12.2. The van der Waals surface area contributed by atoms with Crippen molar-refractivity contribution in [3.05, 3.63) is 0 Å². The molecule has 0 unspecified atom stereocenters. The Balaban J connectivity index is 3.03. The molecular formula is C27H56IO4P. The minimum absolute atomic E-state index is 0.170. The molecule has 0 atom stereocenters. The Hall–Kier alpha value is 0.840. The molecule has 0 fully saturated rings. The van der Waals surface area contributed by atoms with E-state index in [-0.39, 0.29) is 6.61 Å². The van der Waals surface area contributed by atoms with Crippen LogP contribution in [0.5, 0.6) is 0 Å². The van der Waals surface area contributed by atoms with Gasteiger partial charge in [-0.05, 0) is 17.3 Å². The average molecular weight is 603 g/mol. The topological polar surface area (TPSA) is 66.8 Å². The maximum absolute atomic E-state index is 10.5. The summed E-state index contributed by atoms with van der Waals surface area (Å²) in [4.78, 5) is 17.2. The molecule has 0 saturated carbocycles. The highest BCUT2D eigenvalue weighted by molar-refractivity contribution is 14.1. The monoisotopic (exact) mass is 602 g/mol. The van der Waals surface area contributed by atoms with Gasteiger partial charge in [0.25, 0.3) is 0 Å². The molecule has 0 rings (SSSR count). The predicted molar refractivity (Wildman–Crippen MR) is 152 cm³/mol. The van der Waals surface area contributed by atoms with Crippen LogP contribution in [0.4, 0.5) is 0 Å². The first-order valence-corrected chi connectivity index (χ1v) is 17.4. The zero-order valence-corrected chi connectivity index (χ0v) is 24.7. The van der Waals surface area contributed by atoms with Gasteiger partial charge in [-0.3, -0.25) is 4.52 Å². The van der Waals surface area contributed by atoms with Gasteiger partial charge in [0.2, 0.25) is 0 Å². The van der Waals surface area contributed by atoms with Gasteiger partial charge in [-0.25, -0.2) is 4.57 Å². The summed E-state index contributed by atoms with van der Waals surface area (Å²) in [5.74, 6) is 0. The smallest absolute Gasteiger partial charge is 0.303 e. The molecule has 0 saturated heterocycles. The van der Waals surface area contributed by atoms with Gasteiger partial charge in [0.15, 0.2) is 0 Å². The molecule has 0 aliphatic heterocycles. The lowest BCUT2D eigenvalue weighted by atomic mass is 10.0. The number of alkyl halides is 1. The minimum Gasteiger partial charge on any atom is -0.303 e. The van der Waals surface area contributed by atoms with Crippen molar-refractivity contribution in [3.8, 4) is 0 Å². The van der Waals surface area contributed by atoms with E-state index in [2.05, 4.69) is 27.1 Å². The van der Waals surface area contributed by atoms with E-state index < -0.39 is 7.82 Å². The lowest BCUT2D eigenvalue weighted by molar-refractivity contribution is 0.193. The second kappa shape index (κ2) is 27.4. The third kappa shape index (κ3) is 32.8. The summed E-state index contributed by atoms with van der Waals surface area (Å²) in [6.45, 7) is 0.170. The van der Waals surface area contributed by atoms with Crippen LogP contribution in [-0.4, -0.2) is 20.8 Å². The Kier molecular flexibility index (Phi) is 28.1. The van der Waals surface area contributed by atoms with E-state index >= 15 is 0 Å². The molecule has 0 aromatic rings. The van der Waals surface area contributed by atoms with Crippen molar-refractivity contribution in [2.24, 2.45) is 0 Å². The van der Waals surface area contributed by atoms with E-state index in [4.69, 9.17) is 9.79 Å². The van der Waals surface area contributed by atoms with Crippen molar-refractivity contribution >= 4 is 30.4 Å². The summed E-state index contributed by atoms with van der Waals surface area (Å²) in [6, 6.07) is 0. The fourth-order valence-corrected chi connectivity index (χ4v) is 5.35. The van der Waals surface area contributed by atoms with Gasteiger partial charge in [0.1, 0.15) is 0 Å². The van der Waals surface area contributed by atoms with Crippen LogP contribution in [-0.2, 0) is 9.09 Å². The summed E-state index contributed by atoms with van der Waals surface area (Å²) in [7, 11) is -4.27. The lowest BCUT2D eigenvalue weighted by Crippen LogP contribution is -1.92. The standard InChI is InChI=1S/C27H56IO4P/c28-26-24-22-20-18-16-14-12-10-8-6-4-2-1-3-5-7-9-11-13-15-17-19-21-23-25-27-32-33(29,30)31/h1-27H2,(H2,29,30,31). The third-order valence-electron chi connectivity index (χ3n) is 6.54. The molecular weight excluding hydrogens is 546 g/mol. The van der Waals surface area contributed by atoms with Crippen molar-refractivity contribution < 1.29 is 18.9 Å². The van der Waals surface area contributed by atoms with Gasteiger partial charge in [-0.15, -0.1) is 0 Å². The number of unbranched alkanes of at least 4 members (excludes halogenated alkanes) is 24. The molecule has 0 heterocycles. The highest BCUT2D eigenvalue weighted by Gasteiger charge is 2.12. The number of halogens is 1. The largest absolute Gasteiger partial charge is 0.469 e. The predicted octanol–water partition coefficient (Wildman–Crippen LogP) is 10.3. The highest BCUT2D eigenvalue weighted by atomic mass is 127. The summed E-state index contributed by atoms with van der Waals surface area (Å²) in [5.41, 5.74) is 0. The zero-order valence-electron chi connectivity index (χ0n) is 21.6. The first-order chi connectivity index (χ1) is 16.1. The molecule has 200 valence electrons. The fraction of sp³-hybridized carbons (Fsp3) is 1.00. The summed E-state index contributed by atoms with van der Waals surface area (Å²) in [6.07, 6.45) is 34.0. The Morgan fingerprint density at radius 1 is 0.424 bits per heavy atom. The normalized spacial score (nSPS) is 12.0. The SMILES string of the molecule is O=P(O)(O)OCCCCCCCCCCCCCCCCCCCCCCCCCCCI. The van der Waals surface area contributed by atoms with Crippen molar-refractivity contribution in [2.45, 2.75) is 161 Å². The molecule has 0 amide bonds. The Morgan fingerprint density at radius 2 is 0.636 bits per heavy atom. The third-order valence-corrected chi connectivity index (χ3v) is 7.82. The van der Waals surface area contributed by atoms with Crippen LogP contribution in [0.15, 0.2) is 0 Å². The van der Waals surface area contributed by atoms with Crippen LogP contribution in [0, 0.1) is 0 Å². The van der Waals surface area contributed by atoms with Gasteiger partial charge in [0.05, 0.1) is 6.61 Å². The van der Waals surface area contributed by atoms with Gasteiger partial charge in [-0.1, -0.05) is 170 Å². The molecule has 4 nitrogen and oxygen atoms in total. The van der Waals surface area contributed by atoms with Crippen LogP contribution in [0.3, 0.4) is 0 Å². The van der Waals surface area contributed by atoms with Crippen LogP contribution < -0.4 is 0 Å². The summed E-state index contributed by atoms with van der Waals surface area (Å²) in [5, 5.41) is 0. The first-order valence-electron chi connectivity index (χ1n) is 14.3. The van der Waals surface area contributed by atoms with E-state index in [0.29, 0.717) is 0 Å². The Labute approximate surface area is 220 Å². The zero-order chi connectivity index (χ0) is 24.3. The number of hydrogen-bond donors (Lipinski definition) is 2. The number of rotatable bonds is 28. The van der Waals surface area contributed by atoms with E-state index in [9.17, 15) is 4.57 Å². The average Bonchev–Trinajstić information content (AvgIpc) is 2.78. The summed E-state index contributed by atoms with van der Waals surface area (Å²) < 4.78 is 16.3. The molecule has 0 spiro atoms. The van der Waals surface area contributed by atoms with Gasteiger partial charge < -0.3 is 9.79 Å². The Morgan fingerprint density at radius 3 is 0.848 bits per heavy atom. The quantitative estimate of drug-likeness (QED) is 0.0405. The molecule has 0 aliphatic rings. The van der Waals surface area contributed by atoms with Gasteiger partial charge in [0, 0.05) is 0 Å². The molecule has 0 aliphatic carbocycles. The molecule has 0 aromatic carbocycles. The highest BCUT2D eigenvalue weighted by Crippen LogP contribution is 2.35. The van der Waals surface area contributed by atoms with Gasteiger partial charge in [-0.2, -0.15) is 0 Å². The van der Waals surface area contributed by atoms with E-state index in [1.165, 1.54) is 146 Å². The van der Waals surface area contributed by atoms with E-state index in [1.807, 2.05) is 0 Å². The Bertz CT molecular complexity index is 417. The molecule has 2 N–H and O–H groups in total. The number of phosphoric ester groups is 1. The van der Waals surface area contributed by atoms with E-state index in [0.717, 1.165) is 19.3 Å². The van der Waals surface area contributed by atoms with E-state index in [1.54, 1.807) is 0 Å². The van der Waals surface area contributed by atoms with Crippen LogP contribution in [0.25, 0.3) is 0 Å². The van der Waals surface area contributed by atoms with Crippen LogP contribution in [0.1, 0.15) is 161 Å².